The summed E-state index contributed by atoms with van der Waals surface area (Å²) in [6, 6.07) is 4.53. The summed E-state index contributed by atoms with van der Waals surface area (Å²) in [4.78, 5) is 15.8. The topological polar surface area (TPSA) is 77.2 Å². The van der Waals surface area contributed by atoms with Gasteiger partial charge in [0, 0.05) is 17.1 Å². The highest BCUT2D eigenvalue weighted by Gasteiger charge is 2.30. The molecule has 0 spiro atoms. The summed E-state index contributed by atoms with van der Waals surface area (Å²) in [7, 11) is 0. The number of rotatable bonds is 3. The first kappa shape index (κ1) is 17.8. The van der Waals surface area contributed by atoms with Crippen molar-refractivity contribution in [1.82, 2.24) is 4.98 Å². The smallest absolute Gasteiger partial charge is 0.416 e. The Morgan fingerprint density at radius 3 is 2.50 bits per heavy atom. The number of benzene rings is 1. The lowest BCUT2D eigenvalue weighted by Gasteiger charge is -2.20. The molecule has 5 nitrogen and oxygen atoms in total. The van der Waals surface area contributed by atoms with Crippen molar-refractivity contribution in [3.63, 3.8) is 0 Å². The Kier molecular flexibility index (Phi) is 4.59. The van der Waals surface area contributed by atoms with Crippen LogP contribution in [0, 0.1) is 0 Å². The van der Waals surface area contributed by atoms with Crippen LogP contribution in [0.4, 0.5) is 24.7 Å². The van der Waals surface area contributed by atoms with E-state index < -0.39 is 23.3 Å². The largest absolute Gasteiger partial charge is 0.459 e. The maximum Gasteiger partial charge on any atom is 0.416 e. The highest BCUT2D eigenvalue weighted by Crippen LogP contribution is 2.33. The molecule has 0 amide bonds. The third-order valence-corrected chi connectivity index (χ3v) is 3.00. The van der Waals surface area contributed by atoms with Crippen molar-refractivity contribution in [3.8, 4) is 0 Å². The molecule has 0 fully saturated rings. The molecule has 1 heterocycles. The van der Waals surface area contributed by atoms with Crippen molar-refractivity contribution in [2.45, 2.75) is 32.5 Å². The number of anilines is 2. The zero-order valence-electron chi connectivity index (χ0n) is 13.5. The molecule has 8 heteroatoms. The van der Waals surface area contributed by atoms with Gasteiger partial charge < -0.3 is 15.8 Å². The highest BCUT2D eigenvalue weighted by atomic mass is 19.4. The molecule has 0 atom stereocenters. The maximum absolute atomic E-state index is 12.9. The Morgan fingerprint density at radius 2 is 1.92 bits per heavy atom. The van der Waals surface area contributed by atoms with E-state index in [1.54, 1.807) is 20.8 Å². The molecule has 2 rings (SSSR count). The number of alkyl halides is 3. The van der Waals surface area contributed by atoms with Crippen molar-refractivity contribution in [3.05, 3.63) is 29.8 Å². The van der Waals surface area contributed by atoms with E-state index in [9.17, 15) is 18.0 Å². The van der Waals surface area contributed by atoms with Gasteiger partial charge in [-0.05, 0) is 39.0 Å². The average molecular weight is 341 g/mol. The average Bonchev–Trinajstić information content (AvgIpc) is 2.41. The number of halogens is 3. The fourth-order valence-corrected chi connectivity index (χ4v) is 2.11. The van der Waals surface area contributed by atoms with Gasteiger partial charge in [-0.2, -0.15) is 13.2 Å². The molecule has 0 saturated heterocycles. The van der Waals surface area contributed by atoms with Gasteiger partial charge in [-0.3, -0.25) is 4.79 Å². The number of esters is 1. The van der Waals surface area contributed by atoms with Crippen LogP contribution in [0.5, 0.6) is 0 Å². The van der Waals surface area contributed by atoms with E-state index in [-0.39, 0.29) is 23.4 Å². The molecular formula is C16H18F3N3O2. The van der Waals surface area contributed by atoms with E-state index in [2.05, 4.69) is 10.3 Å². The molecule has 0 aliphatic carbocycles. The molecule has 0 saturated carbocycles. The van der Waals surface area contributed by atoms with E-state index in [1.807, 2.05) is 0 Å². The number of nitrogens with zero attached hydrogens (tertiary/aromatic N) is 1. The number of hydrogen-bond donors (Lipinski definition) is 2. The van der Waals surface area contributed by atoms with E-state index in [1.165, 1.54) is 12.1 Å². The van der Waals surface area contributed by atoms with Crippen LogP contribution >= 0.6 is 0 Å². The second kappa shape index (κ2) is 6.18. The van der Waals surface area contributed by atoms with Gasteiger partial charge in [-0.15, -0.1) is 0 Å². The molecule has 130 valence electrons. The van der Waals surface area contributed by atoms with E-state index in [0.717, 1.165) is 12.1 Å². The van der Waals surface area contributed by atoms with Crippen molar-refractivity contribution in [1.29, 1.82) is 0 Å². The molecule has 1 aromatic carbocycles. The quantitative estimate of drug-likeness (QED) is 0.834. The van der Waals surface area contributed by atoms with Crippen LogP contribution in [-0.2, 0) is 15.7 Å². The van der Waals surface area contributed by atoms with Crippen LogP contribution in [0.25, 0.3) is 10.9 Å². The Hall–Kier alpha value is -2.51. The molecule has 24 heavy (non-hydrogen) atoms. The van der Waals surface area contributed by atoms with Gasteiger partial charge in [0.25, 0.3) is 0 Å². The minimum absolute atomic E-state index is 0.133. The van der Waals surface area contributed by atoms with Crippen molar-refractivity contribution in [2.75, 3.05) is 17.6 Å². The predicted octanol–water partition coefficient (Wildman–Crippen LogP) is 3.59. The minimum Gasteiger partial charge on any atom is -0.459 e. The number of fused-ring (bicyclic) bond motifs is 1. The summed E-state index contributed by atoms with van der Waals surface area (Å²) in [5, 5.41) is 2.99. The minimum atomic E-state index is -4.47. The van der Waals surface area contributed by atoms with Crippen LogP contribution in [0.2, 0.25) is 0 Å². The van der Waals surface area contributed by atoms with E-state index >= 15 is 0 Å². The molecule has 3 N–H and O–H groups in total. The Morgan fingerprint density at radius 1 is 1.25 bits per heavy atom. The summed E-state index contributed by atoms with van der Waals surface area (Å²) >= 11 is 0. The van der Waals surface area contributed by atoms with Gasteiger partial charge >= 0.3 is 12.1 Å². The highest BCUT2D eigenvalue weighted by molar-refractivity contribution is 5.94. The van der Waals surface area contributed by atoms with E-state index in [0.29, 0.717) is 5.52 Å². The normalized spacial score (nSPS) is 12.2. The van der Waals surface area contributed by atoms with Crippen LogP contribution in [0.1, 0.15) is 26.3 Å². The number of hydrogen-bond acceptors (Lipinski definition) is 5. The fourth-order valence-electron chi connectivity index (χ4n) is 2.11. The van der Waals surface area contributed by atoms with Gasteiger partial charge in [0.05, 0.1) is 11.1 Å². The molecule has 0 unspecified atom stereocenters. The third kappa shape index (κ3) is 4.50. The van der Waals surface area contributed by atoms with Crippen LogP contribution in [0.15, 0.2) is 24.3 Å². The Labute approximate surface area is 137 Å². The summed E-state index contributed by atoms with van der Waals surface area (Å²) < 4.78 is 43.8. The molecule has 0 bridgehead atoms. The number of aromatic nitrogens is 1. The fraction of sp³-hybridized carbons (Fsp3) is 0.375. The van der Waals surface area contributed by atoms with Gasteiger partial charge in [-0.1, -0.05) is 0 Å². The lowest BCUT2D eigenvalue weighted by Crippen LogP contribution is -2.28. The van der Waals surface area contributed by atoms with Crippen molar-refractivity contribution in [2.24, 2.45) is 0 Å². The molecular weight excluding hydrogens is 323 g/mol. The van der Waals surface area contributed by atoms with Gasteiger partial charge in [0.15, 0.2) is 0 Å². The predicted molar refractivity (Wildman–Crippen MR) is 85.5 cm³/mol. The standard InChI is InChI=1S/C16H18F3N3O2/c1-15(2,3)24-14(23)8-21-12-7-13(20)22-11-5-4-9(6-10(11)12)16(17,18)19/h4-7H,8H2,1-3H3,(H3,20,21,22). The first-order chi connectivity index (χ1) is 11.0. The zero-order chi connectivity index (χ0) is 18.1. The third-order valence-electron chi connectivity index (χ3n) is 3.00. The number of ether oxygens (including phenoxy) is 1. The summed E-state index contributed by atoms with van der Waals surface area (Å²) in [6.45, 7) is 4.97. The molecule has 0 radical (unpaired) electrons. The van der Waals surface area contributed by atoms with Crippen LogP contribution in [0.3, 0.4) is 0 Å². The number of nitrogens with one attached hydrogen (secondary N) is 1. The van der Waals surface area contributed by atoms with Gasteiger partial charge in [0.1, 0.15) is 18.0 Å². The van der Waals surface area contributed by atoms with Gasteiger partial charge in [0.2, 0.25) is 0 Å². The number of carbonyl (C=O) groups excluding carboxylic acids is 1. The van der Waals surface area contributed by atoms with Crippen LogP contribution < -0.4 is 11.1 Å². The lowest BCUT2D eigenvalue weighted by atomic mass is 10.1. The Bertz CT molecular complexity index is 767. The molecule has 1 aromatic heterocycles. The van der Waals surface area contributed by atoms with Crippen molar-refractivity contribution < 1.29 is 22.7 Å². The SMILES string of the molecule is CC(C)(C)OC(=O)CNc1cc(N)nc2ccc(C(F)(F)F)cc12. The molecule has 2 aromatic rings. The van der Waals surface area contributed by atoms with Crippen molar-refractivity contribution >= 4 is 28.4 Å². The second-order valence-corrected chi connectivity index (χ2v) is 6.26. The first-order valence-corrected chi connectivity index (χ1v) is 7.19. The summed E-state index contributed by atoms with van der Waals surface area (Å²) in [5.74, 6) is -0.396. The number of carbonyl (C=O) groups is 1. The second-order valence-electron chi connectivity index (χ2n) is 6.26. The number of pyridine rings is 1. The van der Waals surface area contributed by atoms with E-state index in [4.69, 9.17) is 10.5 Å². The first-order valence-electron chi connectivity index (χ1n) is 7.19. The summed E-state index contributed by atoms with van der Waals surface area (Å²) in [5.41, 5.74) is 4.80. The summed E-state index contributed by atoms with van der Waals surface area (Å²) in [6.07, 6.45) is -4.47. The number of nitrogen functional groups attached to an aromatic ring is 1. The van der Waals surface area contributed by atoms with Crippen LogP contribution in [-0.4, -0.2) is 23.1 Å². The maximum atomic E-state index is 12.9. The monoisotopic (exact) mass is 341 g/mol. The number of nitrogens with two attached hydrogens (primary N) is 1. The Balaban J connectivity index is 2.33. The lowest BCUT2D eigenvalue weighted by molar-refractivity contribution is -0.152. The zero-order valence-corrected chi connectivity index (χ0v) is 13.5. The van der Waals surface area contributed by atoms with Gasteiger partial charge in [-0.25, -0.2) is 4.98 Å². The molecule has 0 aliphatic rings. The molecule has 0 aliphatic heterocycles.